The van der Waals surface area contributed by atoms with Gasteiger partial charge in [0.2, 0.25) is 0 Å². The molecule has 0 aromatic carbocycles. The van der Waals surface area contributed by atoms with Gasteiger partial charge in [0.1, 0.15) is 49.3 Å². The van der Waals surface area contributed by atoms with Crippen molar-refractivity contribution in [2.45, 2.75) is 246 Å². The van der Waals surface area contributed by atoms with E-state index in [0.29, 0.717) is 0 Å². The van der Waals surface area contributed by atoms with Gasteiger partial charge in [0.25, 0.3) is 0 Å². The van der Waals surface area contributed by atoms with Gasteiger partial charge in [-0.25, -0.2) is 32.0 Å². The Balaban J connectivity index is 0.000000502. The first kappa shape index (κ1) is 78.1. The molecule has 0 bridgehead atoms. The zero-order valence-electron chi connectivity index (χ0n) is 62.6. The molecule has 0 radical (unpaired) electrons. The largest absolute Gasteiger partial charge is 0.205 e. The van der Waals surface area contributed by atoms with Gasteiger partial charge in [-0.2, -0.15) is 0 Å². The molecule has 0 atom stereocenters. The van der Waals surface area contributed by atoms with Crippen LogP contribution in [0.15, 0.2) is 116 Å². The molecule has 7 nitrogen and oxygen atoms in total. The highest BCUT2D eigenvalue weighted by Gasteiger charge is 2.30. The Labute approximate surface area is 530 Å². The van der Waals surface area contributed by atoms with Gasteiger partial charge >= 0.3 is 0 Å². The SMILES string of the molecule is C[n+]1ccccc1C(C)(C)C.Cc1cc(C(C)(C)C)[n+](C)cc1C.Cc1cc(C)c(C(C)(C)C)[n+](C)c1.Cc1cc[n+](C)c(C(C)(C)C)c1.Cc1cc[n+](C)c(C(C)(C)C)c1C.Cc1ccc(C(C)(C)C)[n+](C)c1.Cc1ccc[n+](C)c1C(C)(C)C. The molecule has 474 valence electrons. The number of pyridine rings is 7. The molecule has 0 amide bonds. The minimum Gasteiger partial charge on any atom is -0.205 e. The van der Waals surface area contributed by atoms with Gasteiger partial charge in [-0.15, -0.1) is 0 Å². The van der Waals surface area contributed by atoms with E-state index in [2.05, 4.69) is 405 Å². The fourth-order valence-corrected chi connectivity index (χ4v) is 11.9. The molecule has 0 N–H and O–H groups in total. The minimum atomic E-state index is 0.227. The lowest BCUT2D eigenvalue weighted by Gasteiger charge is -2.18. The molecular formula is C79H130N7+7. The van der Waals surface area contributed by atoms with Gasteiger partial charge in [-0.3, -0.25) is 0 Å². The summed E-state index contributed by atoms with van der Waals surface area (Å²) in [6.07, 6.45) is 15.0. The molecule has 0 saturated carbocycles. The second-order valence-electron chi connectivity index (χ2n) is 31.9. The van der Waals surface area contributed by atoms with Crippen LogP contribution in [0.25, 0.3) is 0 Å². The Hall–Kier alpha value is -5.95. The maximum absolute atomic E-state index is 2.29. The third kappa shape index (κ3) is 25.0. The molecule has 0 saturated heterocycles. The molecule has 0 fully saturated rings. The van der Waals surface area contributed by atoms with E-state index in [4.69, 9.17) is 0 Å². The minimum absolute atomic E-state index is 0.227. The third-order valence-corrected chi connectivity index (χ3v) is 15.4. The summed E-state index contributed by atoms with van der Waals surface area (Å²) in [5.74, 6) is 0. The van der Waals surface area contributed by atoms with Crippen LogP contribution in [0.5, 0.6) is 0 Å². The summed E-state index contributed by atoms with van der Waals surface area (Å²) in [6, 6.07) is 26.0. The molecule has 7 heterocycles. The number of nitrogens with zero attached hydrogens (tertiary/aromatic N) is 7. The smallest absolute Gasteiger partial charge is 0.189 e. The fraction of sp³-hybridized carbons (Fsp3) is 0.557. The predicted molar refractivity (Wildman–Crippen MR) is 367 cm³/mol. The van der Waals surface area contributed by atoms with Gasteiger partial charge in [-0.1, -0.05) is 151 Å². The number of aryl methyl sites for hydroxylation is 15. The molecule has 7 heteroatoms. The van der Waals surface area contributed by atoms with Crippen LogP contribution >= 0.6 is 0 Å². The van der Waals surface area contributed by atoms with Crippen molar-refractivity contribution in [3.8, 4) is 0 Å². The van der Waals surface area contributed by atoms with E-state index in [0.717, 1.165) is 0 Å². The average Bonchev–Trinajstić information content (AvgIpc) is 2.99. The first-order valence-electron chi connectivity index (χ1n) is 31.5. The van der Waals surface area contributed by atoms with Gasteiger partial charge in [-0.05, 0) is 97.2 Å². The van der Waals surface area contributed by atoms with Crippen LogP contribution < -0.4 is 32.0 Å². The Bertz CT molecular complexity index is 3240. The van der Waals surface area contributed by atoms with Crippen LogP contribution in [-0.4, -0.2) is 0 Å². The highest BCUT2D eigenvalue weighted by Crippen LogP contribution is 2.26. The summed E-state index contributed by atoms with van der Waals surface area (Å²) in [5, 5.41) is 0. The fourth-order valence-electron chi connectivity index (χ4n) is 11.9. The second-order valence-corrected chi connectivity index (χ2v) is 31.9. The van der Waals surface area contributed by atoms with Gasteiger partial charge in [0.15, 0.2) is 83.2 Å². The summed E-state index contributed by atoms with van der Waals surface area (Å²) < 4.78 is 15.5. The van der Waals surface area contributed by atoms with Gasteiger partial charge in [0.05, 0.1) is 0 Å². The number of hydrogen-bond donors (Lipinski definition) is 0. The van der Waals surface area contributed by atoms with Crippen molar-refractivity contribution in [3.63, 3.8) is 0 Å². The van der Waals surface area contributed by atoms with Crippen molar-refractivity contribution in [1.82, 2.24) is 0 Å². The normalized spacial score (nSPS) is 11.8. The van der Waals surface area contributed by atoms with Crippen molar-refractivity contribution in [3.05, 3.63) is 206 Å². The summed E-state index contributed by atoms with van der Waals surface area (Å²) >= 11 is 0. The van der Waals surface area contributed by atoms with Crippen molar-refractivity contribution < 1.29 is 32.0 Å². The average molecular weight is 1180 g/mol. The lowest BCUT2D eigenvalue weighted by Crippen LogP contribution is -2.40. The van der Waals surface area contributed by atoms with E-state index in [1.54, 1.807) is 0 Å². The molecule has 0 spiro atoms. The highest BCUT2D eigenvalue weighted by molar-refractivity contribution is 5.29. The van der Waals surface area contributed by atoms with Gasteiger partial charge in [0, 0.05) is 120 Å². The maximum atomic E-state index is 2.29. The predicted octanol–water partition coefficient (Wildman–Crippen LogP) is 15.4. The summed E-state index contributed by atoms with van der Waals surface area (Å²) in [7, 11) is 14.8. The van der Waals surface area contributed by atoms with E-state index in [-0.39, 0.29) is 37.9 Å². The number of aromatic nitrogens is 7. The summed E-state index contributed by atoms with van der Waals surface area (Å²) in [4.78, 5) is 0. The summed E-state index contributed by atoms with van der Waals surface area (Å²) in [5.41, 5.74) is 23.6. The van der Waals surface area contributed by atoms with E-state index < -0.39 is 0 Å². The molecular weight excluding hydrogens is 1050 g/mol. The van der Waals surface area contributed by atoms with Crippen LogP contribution in [0.4, 0.5) is 0 Å². The molecule has 0 aliphatic carbocycles. The molecule has 7 aromatic rings. The Kier molecular flexibility index (Phi) is 28.4. The molecule has 0 unspecified atom stereocenters. The quantitative estimate of drug-likeness (QED) is 0.135. The van der Waals surface area contributed by atoms with Crippen LogP contribution in [0.3, 0.4) is 0 Å². The maximum Gasteiger partial charge on any atom is 0.189 e. The van der Waals surface area contributed by atoms with E-state index >= 15 is 0 Å². The molecule has 86 heavy (non-hydrogen) atoms. The second kappa shape index (κ2) is 31.3. The van der Waals surface area contributed by atoms with Crippen LogP contribution in [0.1, 0.15) is 235 Å². The molecule has 7 aromatic heterocycles. The van der Waals surface area contributed by atoms with Crippen LogP contribution in [0.2, 0.25) is 0 Å². The standard InChI is InChI=1S/3C12H20N.3C11H18N.C10H16N/c1-9-7-11(12(3,4)5)13(6)8-10(9)2;1-9-7-10(2)11(12(3,4)5)13(6)8-9;1-9-7-8-13(6)11(10(9)2)12(3,4)5;1-9-6-7-12(5)10(8-9)11(2,3)4;1-9-6-7-10(11(2,3)4)12(5)8-9;1-9-7-6-8-12(5)10(9)11(2,3)4;1-10(2,3)9-7-5-6-8-11(9)4/h3*7-8H,1-6H3;3*6-8H,1-5H3;5-8H,1-4H3/q7*+1. The molecule has 0 aliphatic rings. The molecule has 7 rings (SSSR count). The van der Waals surface area contributed by atoms with Crippen molar-refractivity contribution in [1.29, 1.82) is 0 Å². The summed E-state index contributed by atoms with van der Waals surface area (Å²) in [6.45, 7) is 66.6. The Morgan fingerprint density at radius 2 is 0.640 bits per heavy atom. The Morgan fingerprint density at radius 3 is 1.03 bits per heavy atom. The lowest BCUT2D eigenvalue weighted by molar-refractivity contribution is -0.683. The first-order chi connectivity index (χ1) is 38.7. The zero-order chi connectivity index (χ0) is 67.2. The molecule has 0 aliphatic heterocycles. The zero-order valence-corrected chi connectivity index (χ0v) is 62.6. The van der Waals surface area contributed by atoms with Crippen LogP contribution in [0, 0.1) is 62.3 Å². The topological polar surface area (TPSA) is 27.2 Å². The van der Waals surface area contributed by atoms with Gasteiger partial charge < -0.3 is 0 Å². The Morgan fingerprint density at radius 1 is 0.233 bits per heavy atom. The van der Waals surface area contributed by atoms with Crippen LogP contribution in [-0.2, 0) is 87.2 Å². The lowest BCUT2D eigenvalue weighted by atomic mass is 9.87. The van der Waals surface area contributed by atoms with E-state index in [1.165, 1.54) is 89.9 Å². The highest BCUT2D eigenvalue weighted by atomic mass is 15.0. The third-order valence-electron chi connectivity index (χ3n) is 15.4. The van der Waals surface area contributed by atoms with E-state index in [1.807, 2.05) is 0 Å². The first-order valence-corrected chi connectivity index (χ1v) is 31.5. The van der Waals surface area contributed by atoms with Crippen molar-refractivity contribution in [2.75, 3.05) is 0 Å². The monoisotopic (exact) mass is 1180 g/mol. The van der Waals surface area contributed by atoms with E-state index in [9.17, 15) is 0 Å². The number of hydrogen-bond acceptors (Lipinski definition) is 0. The number of rotatable bonds is 0. The van der Waals surface area contributed by atoms with Crippen molar-refractivity contribution >= 4 is 0 Å². The van der Waals surface area contributed by atoms with Crippen molar-refractivity contribution in [2.24, 2.45) is 49.3 Å².